The molecule has 0 spiro atoms. The lowest BCUT2D eigenvalue weighted by atomic mass is 9.73. The van der Waals surface area contributed by atoms with Crippen molar-refractivity contribution in [3.63, 3.8) is 0 Å². The Bertz CT molecular complexity index is 3310. The fourth-order valence-electron chi connectivity index (χ4n) is 10.1. The van der Waals surface area contributed by atoms with Gasteiger partial charge in [-0.3, -0.25) is 19.6 Å². The number of phenols is 1. The fraction of sp³-hybridized carbons (Fsp3) is 0.576. The lowest BCUT2D eigenvalue weighted by molar-refractivity contribution is -0.176. The highest BCUT2D eigenvalue weighted by atomic mass is 28.3. The van der Waals surface area contributed by atoms with Crippen LogP contribution < -0.4 is 4.74 Å². The van der Waals surface area contributed by atoms with Gasteiger partial charge in [-0.2, -0.15) is 26.3 Å². The minimum Gasteiger partial charge on any atom is -0.508 e. The Balaban J connectivity index is 0.000000248. The third kappa shape index (κ3) is 23.4. The lowest BCUT2D eigenvalue weighted by Crippen LogP contribution is -2.45. The third-order valence-corrected chi connectivity index (χ3v) is 18.6. The summed E-state index contributed by atoms with van der Waals surface area (Å²) >= 11 is 0. The van der Waals surface area contributed by atoms with Crippen molar-refractivity contribution in [1.29, 1.82) is 0 Å². The highest BCUT2D eigenvalue weighted by Gasteiger charge is 2.47. The van der Waals surface area contributed by atoms with Gasteiger partial charge in [0.15, 0.2) is 11.6 Å². The molecule has 93 heavy (non-hydrogen) atoms. The zero-order chi connectivity index (χ0) is 68.8. The van der Waals surface area contributed by atoms with E-state index in [1.165, 1.54) is 24.5 Å². The van der Waals surface area contributed by atoms with Crippen LogP contribution in [0.2, 0.25) is 51.4 Å². The van der Waals surface area contributed by atoms with Gasteiger partial charge in [-0.05, 0) is 178 Å². The summed E-state index contributed by atoms with van der Waals surface area (Å²) in [6.45, 7) is 25.7. The van der Waals surface area contributed by atoms with E-state index in [0.717, 1.165) is 32.6 Å². The fourth-order valence-corrected chi connectivity index (χ4v) is 11.6. The summed E-state index contributed by atoms with van der Waals surface area (Å²) in [6.07, 6.45) is -1.58. The molecule has 2 aliphatic carbocycles. The number of pyridine rings is 2. The van der Waals surface area contributed by atoms with Crippen LogP contribution in [0.15, 0.2) is 85.2 Å². The molecule has 0 bridgehead atoms. The van der Waals surface area contributed by atoms with E-state index in [1.54, 1.807) is 50.6 Å². The first-order chi connectivity index (χ1) is 43.3. The molecule has 2 N–H and O–H groups in total. The van der Waals surface area contributed by atoms with E-state index in [0.29, 0.717) is 106 Å². The Morgan fingerprint density at radius 3 is 1.26 bits per heavy atom. The van der Waals surface area contributed by atoms with E-state index in [1.807, 2.05) is 65.8 Å². The Kier molecular flexibility index (Phi) is 25.7. The lowest BCUT2D eigenvalue weighted by Gasteiger charge is -2.39. The Labute approximate surface area is 543 Å². The zero-order valence-electron chi connectivity index (χ0n) is 56.0. The Morgan fingerprint density at radius 2 is 0.925 bits per heavy atom. The van der Waals surface area contributed by atoms with Gasteiger partial charge >= 0.3 is 24.3 Å². The van der Waals surface area contributed by atoms with Gasteiger partial charge in [-0.15, -0.1) is 10.2 Å². The zero-order valence-corrected chi connectivity index (χ0v) is 58.0. The van der Waals surface area contributed by atoms with Crippen LogP contribution in [-0.2, 0) is 63.8 Å². The number of phenolic OH excluding ortho intramolecular Hbond substituents is 1. The normalized spacial score (nSPS) is 19.0. The number of hydrogen-bond donors (Lipinski definition) is 2. The van der Waals surface area contributed by atoms with E-state index in [2.05, 4.69) is 69.4 Å². The SMILES string of the molecule is COCC1(C(=O)OC(C)(C)C)CCC(O)CC1.COCC1(C(=O)OC(C)(C)C)CCC(Oc2ccc(-c3ccc(-c4nc(C(F)(F)F)nn4COCC[Si](C)(C)C)cn3)cc2)CC1.C[Si](C)(C)CCOCn1nc(C(F)(F)F)nc1-c1ccc(-c2ccc(O)cc2)nc1. The monoisotopic (exact) mass is 1340 g/mol. The summed E-state index contributed by atoms with van der Waals surface area (Å²) < 4.78 is 121. The first-order valence-corrected chi connectivity index (χ1v) is 38.5. The van der Waals surface area contributed by atoms with Gasteiger partial charge in [-0.25, -0.2) is 19.3 Å². The van der Waals surface area contributed by atoms with Crippen molar-refractivity contribution in [2.24, 2.45) is 10.8 Å². The highest BCUT2D eigenvalue weighted by molar-refractivity contribution is 6.76. The number of nitrogens with zero attached hydrogens (tertiary/aromatic N) is 8. The number of halogens is 6. The number of aromatic nitrogens is 8. The average molecular weight is 1340 g/mol. The van der Waals surface area contributed by atoms with E-state index in [-0.39, 0.29) is 55.0 Å². The molecule has 512 valence electrons. The molecule has 27 heteroatoms. The number of hydrogen-bond acceptors (Lipinski definition) is 17. The van der Waals surface area contributed by atoms with Gasteiger partial charge in [0.2, 0.25) is 0 Å². The number of esters is 2. The summed E-state index contributed by atoms with van der Waals surface area (Å²) in [5.41, 5.74) is 1.35. The van der Waals surface area contributed by atoms with Crippen molar-refractivity contribution in [1.82, 2.24) is 39.5 Å². The minimum absolute atomic E-state index is 0.0387. The quantitative estimate of drug-likeness (QED) is 0.0279. The number of aliphatic hydroxyl groups excluding tert-OH is 1. The molecule has 0 aliphatic heterocycles. The molecule has 0 amide bonds. The molecule has 0 atom stereocenters. The molecule has 2 aromatic carbocycles. The van der Waals surface area contributed by atoms with Crippen LogP contribution in [0, 0.1) is 10.8 Å². The number of carbonyl (C=O) groups is 2. The molecular weight excluding hydrogens is 1250 g/mol. The molecule has 2 aliphatic rings. The molecule has 0 unspecified atom stereocenters. The molecule has 6 aromatic rings. The standard InChI is InChI=1S/C33H45F3N4O5Si.C20H23F3N4O2Si.C13H24O4/c1-31(2,3)45-30(41)32(21-42-4)16-14-26(15-17-32)44-25-11-8-23(9-12-25)27-13-10-24(20-37-27)28-38-29(33(34,35)36)39-40(28)22-43-18-19-46(5,6)7;1-30(2,3)11-10-29-13-27-18(25-19(26-27)20(21,22)23)15-6-9-17(24-12-15)14-4-7-16(28)8-5-14;1-12(2,3)17-11(15)13(9-16-4)7-5-10(14)6-8-13/h8-13,20,26H,14-19,21-22H2,1-7H3;4-9,12,28H,10-11,13H2,1-3H3;10,14H,5-9H2,1-4H3. The van der Waals surface area contributed by atoms with Crippen LogP contribution in [0.5, 0.6) is 11.5 Å². The maximum Gasteiger partial charge on any atom is 0.453 e. The van der Waals surface area contributed by atoms with Gasteiger partial charge in [0.05, 0.1) is 47.6 Å². The van der Waals surface area contributed by atoms with Crippen molar-refractivity contribution in [2.75, 3.05) is 40.6 Å². The average Bonchev–Trinajstić information content (AvgIpc) is 1.83. The molecule has 19 nitrogen and oxygen atoms in total. The second-order valence-electron chi connectivity index (χ2n) is 28.1. The summed E-state index contributed by atoms with van der Waals surface area (Å²) in [6, 6.07) is 22.5. The van der Waals surface area contributed by atoms with Crippen LogP contribution in [0.25, 0.3) is 45.3 Å². The number of ether oxygens (including phenoxy) is 7. The number of alkyl halides is 6. The smallest absolute Gasteiger partial charge is 0.453 e. The predicted molar refractivity (Wildman–Crippen MR) is 345 cm³/mol. The molecule has 2 saturated carbocycles. The van der Waals surface area contributed by atoms with Crippen LogP contribution in [0.3, 0.4) is 0 Å². The van der Waals surface area contributed by atoms with Gasteiger partial charge in [-0.1, -0.05) is 39.3 Å². The number of benzene rings is 2. The molecule has 4 heterocycles. The number of methoxy groups -OCH3 is 2. The van der Waals surface area contributed by atoms with E-state index >= 15 is 0 Å². The van der Waals surface area contributed by atoms with Crippen molar-refractivity contribution in [2.45, 2.75) is 194 Å². The molecule has 8 rings (SSSR count). The highest BCUT2D eigenvalue weighted by Crippen LogP contribution is 2.42. The molecular formula is C66H92F6N8O11Si2. The number of carbonyl (C=O) groups excluding carboxylic acids is 2. The van der Waals surface area contributed by atoms with Crippen LogP contribution in [-0.4, -0.2) is 142 Å². The van der Waals surface area contributed by atoms with Crippen LogP contribution in [0.1, 0.15) is 105 Å². The third-order valence-electron chi connectivity index (χ3n) is 15.2. The van der Waals surface area contributed by atoms with Gasteiger partial charge in [0.25, 0.3) is 11.6 Å². The van der Waals surface area contributed by atoms with Crippen LogP contribution in [0.4, 0.5) is 26.3 Å². The topological polar surface area (TPSA) is 226 Å². The van der Waals surface area contributed by atoms with Crippen molar-refractivity contribution < 1.29 is 79.3 Å². The first-order valence-electron chi connectivity index (χ1n) is 31.1. The van der Waals surface area contributed by atoms with Gasteiger partial charge < -0.3 is 43.4 Å². The van der Waals surface area contributed by atoms with E-state index in [4.69, 9.17) is 33.2 Å². The summed E-state index contributed by atoms with van der Waals surface area (Å²) in [5, 5.41) is 26.2. The van der Waals surface area contributed by atoms with E-state index < -0.39 is 62.2 Å². The Morgan fingerprint density at radius 1 is 0.559 bits per heavy atom. The molecule has 2 fully saturated rings. The number of aliphatic hydroxyl groups is 1. The molecule has 4 aromatic heterocycles. The van der Waals surface area contributed by atoms with Gasteiger partial charge in [0, 0.05) is 78.2 Å². The van der Waals surface area contributed by atoms with Crippen molar-refractivity contribution >= 4 is 28.1 Å². The first kappa shape index (κ1) is 75.4. The van der Waals surface area contributed by atoms with Crippen molar-refractivity contribution in [3.8, 4) is 56.8 Å². The maximum atomic E-state index is 13.4. The predicted octanol–water partition coefficient (Wildman–Crippen LogP) is 14.6. The molecule has 0 saturated heterocycles. The number of aromatic hydroxyl groups is 1. The maximum absolute atomic E-state index is 13.4. The summed E-state index contributed by atoms with van der Waals surface area (Å²) in [5.74, 6) is -1.94. The second kappa shape index (κ2) is 31.7. The second-order valence-corrected chi connectivity index (χ2v) is 39.4. The summed E-state index contributed by atoms with van der Waals surface area (Å²) in [7, 11) is 0.518. The van der Waals surface area contributed by atoms with E-state index in [9.17, 15) is 46.1 Å². The largest absolute Gasteiger partial charge is 0.508 e. The number of rotatable bonds is 22. The molecule has 0 radical (unpaired) electrons. The van der Waals surface area contributed by atoms with Crippen molar-refractivity contribution in [3.05, 3.63) is 96.8 Å². The Hall–Kier alpha value is -6.63. The summed E-state index contributed by atoms with van der Waals surface area (Å²) in [4.78, 5) is 41.5. The minimum atomic E-state index is -4.68. The van der Waals surface area contributed by atoms with Crippen LogP contribution >= 0.6 is 0 Å². The van der Waals surface area contributed by atoms with Gasteiger partial charge in [0.1, 0.15) is 36.2 Å².